The highest BCUT2D eigenvalue weighted by atomic mass is 32.2. The SMILES string of the molecule is CCNC(=NCC(CC)Oc1ccccc1)NC1CCS(=O)(=O)C1. The molecule has 24 heavy (non-hydrogen) atoms. The van der Waals surface area contributed by atoms with E-state index in [1.54, 1.807) is 0 Å². The van der Waals surface area contributed by atoms with Crippen molar-refractivity contribution in [2.75, 3.05) is 24.6 Å². The molecule has 1 aliphatic rings. The highest BCUT2D eigenvalue weighted by Gasteiger charge is 2.28. The van der Waals surface area contributed by atoms with Crippen LogP contribution in [-0.4, -0.2) is 51.1 Å². The highest BCUT2D eigenvalue weighted by molar-refractivity contribution is 7.91. The third-order valence-electron chi connectivity index (χ3n) is 3.87. The van der Waals surface area contributed by atoms with Crippen molar-refractivity contribution in [3.63, 3.8) is 0 Å². The van der Waals surface area contributed by atoms with Gasteiger partial charge >= 0.3 is 0 Å². The fraction of sp³-hybridized carbons (Fsp3) is 0.588. The number of rotatable bonds is 7. The van der Waals surface area contributed by atoms with Gasteiger partial charge in [-0.3, -0.25) is 0 Å². The summed E-state index contributed by atoms with van der Waals surface area (Å²) in [6, 6.07) is 9.63. The van der Waals surface area contributed by atoms with Gasteiger partial charge in [-0.15, -0.1) is 0 Å². The standard InChI is InChI=1S/C17H27N3O3S/c1-3-15(23-16-8-6-5-7-9-16)12-19-17(18-4-2)20-14-10-11-24(21,22)13-14/h5-9,14-15H,3-4,10-13H2,1-2H3,(H2,18,19,20). The molecule has 134 valence electrons. The first-order valence-corrected chi connectivity index (χ1v) is 10.3. The molecule has 1 heterocycles. The van der Waals surface area contributed by atoms with Gasteiger partial charge in [-0.2, -0.15) is 0 Å². The monoisotopic (exact) mass is 353 g/mol. The number of ether oxygens (including phenoxy) is 1. The predicted molar refractivity (Wildman–Crippen MR) is 97.3 cm³/mol. The van der Waals surface area contributed by atoms with Gasteiger partial charge in [0.05, 0.1) is 18.1 Å². The molecule has 1 aromatic rings. The van der Waals surface area contributed by atoms with Gasteiger partial charge in [0.25, 0.3) is 0 Å². The van der Waals surface area contributed by atoms with E-state index < -0.39 is 9.84 Å². The van der Waals surface area contributed by atoms with E-state index >= 15 is 0 Å². The van der Waals surface area contributed by atoms with Gasteiger partial charge in [-0.05, 0) is 31.9 Å². The van der Waals surface area contributed by atoms with Crippen molar-refractivity contribution in [2.45, 2.75) is 38.8 Å². The van der Waals surface area contributed by atoms with Gasteiger partial charge in [0.1, 0.15) is 11.9 Å². The van der Waals surface area contributed by atoms with Gasteiger partial charge in [-0.1, -0.05) is 25.1 Å². The molecule has 1 aliphatic heterocycles. The molecule has 0 spiro atoms. The summed E-state index contributed by atoms with van der Waals surface area (Å²) in [5.41, 5.74) is 0. The Labute approximate surface area is 144 Å². The Balaban J connectivity index is 1.93. The van der Waals surface area contributed by atoms with E-state index in [0.717, 1.165) is 18.7 Å². The van der Waals surface area contributed by atoms with E-state index in [1.807, 2.05) is 37.3 Å². The van der Waals surface area contributed by atoms with E-state index in [-0.39, 0.29) is 23.7 Å². The maximum atomic E-state index is 11.6. The summed E-state index contributed by atoms with van der Waals surface area (Å²) in [5, 5.41) is 6.39. The zero-order chi connectivity index (χ0) is 17.4. The first-order valence-electron chi connectivity index (χ1n) is 8.49. The third-order valence-corrected chi connectivity index (χ3v) is 5.64. The van der Waals surface area contributed by atoms with Crippen molar-refractivity contribution in [3.8, 4) is 5.75 Å². The third kappa shape index (κ3) is 6.03. The number of aliphatic imine (C=N–C) groups is 1. The fourth-order valence-corrected chi connectivity index (χ4v) is 4.23. The zero-order valence-electron chi connectivity index (χ0n) is 14.4. The van der Waals surface area contributed by atoms with Crippen LogP contribution in [0.4, 0.5) is 0 Å². The van der Waals surface area contributed by atoms with E-state index in [0.29, 0.717) is 18.9 Å². The van der Waals surface area contributed by atoms with Crippen LogP contribution < -0.4 is 15.4 Å². The molecule has 2 unspecified atom stereocenters. The number of sulfone groups is 1. The minimum absolute atomic E-state index is 0.0184. The molecule has 0 saturated carbocycles. The Hall–Kier alpha value is -1.76. The van der Waals surface area contributed by atoms with E-state index in [9.17, 15) is 8.42 Å². The molecule has 0 amide bonds. The summed E-state index contributed by atoms with van der Waals surface area (Å²) >= 11 is 0. The number of hydrogen-bond acceptors (Lipinski definition) is 4. The van der Waals surface area contributed by atoms with Crippen LogP contribution in [0.2, 0.25) is 0 Å². The lowest BCUT2D eigenvalue weighted by atomic mass is 10.2. The number of benzene rings is 1. The van der Waals surface area contributed by atoms with Gasteiger partial charge < -0.3 is 15.4 Å². The molecule has 6 nitrogen and oxygen atoms in total. The number of para-hydroxylation sites is 1. The van der Waals surface area contributed by atoms with Crippen molar-refractivity contribution in [1.82, 2.24) is 10.6 Å². The number of hydrogen-bond donors (Lipinski definition) is 2. The molecule has 7 heteroatoms. The summed E-state index contributed by atoms with van der Waals surface area (Å²) in [4.78, 5) is 4.57. The number of nitrogens with one attached hydrogen (secondary N) is 2. The smallest absolute Gasteiger partial charge is 0.191 e. The van der Waals surface area contributed by atoms with Gasteiger partial charge in [-0.25, -0.2) is 13.4 Å². The van der Waals surface area contributed by atoms with Crippen LogP contribution in [0.1, 0.15) is 26.7 Å². The Morgan fingerprint density at radius 3 is 2.67 bits per heavy atom. The molecule has 1 aromatic carbocycles. The van der Waals surface area contributed by atoms with Gasteiger partial charge in [0.2, 0.25) is 0 Å². The molecule has 0 radical (unpaired) electrons. The maximum absolute atomic E-state index is 11.6. The second kappa shape index (κ2) is 8.92. The lowest BCUT2D eigenvalue weighted by Crippen LogP contribution is -2.44. The molecule has 2 rings (SSSR count). The Morgan fingerprint density at radius 1 is 1.33 bits per heavy atom. The van der Waals surface area contributed by atoms with E-state index in [4.69, 9.17) is 4.74 Å². The number of guanidine groups is 1. The van der Waals surface area contributed by atoms with Crippen molar-refractivity contribution >= 4 is 15.8 Å². The Bertz CT molecular complexity index is 632. The number of nitrogens with zero attached hydrogens (tertiary/aromatic N) is 1. The van der Waals surface area contributed by atoms with E-state index in [2.05, 4.69) is 22.5 Å². The normalized spacial score (nSPS) is 21.2. The summed E-state index contributed by atoms with van der Waals surface area (Å²) in [6.45, 7) is 5.29. The molecule has 1 saturated heterocycles. The van der Waals surface area contributed by atoms with Crippen LogP contribution in [0.3, 0.4) is 0 Å². The lowest BCUT2D eigenvalue weighted by molar-refractivity contribution is 0.205. The second-order valence-corrected chi connectivity index (χ2v) is 8.15. The minimum Gasteiger partial charge on any atom is -0.489 e. The largest absolute Gasteiger partial charge is 0.489 e. The van der Waals surface area contributed by atoms with Gasteiger partial charge in [0, 0.05) is 12.6 Å². The van der Waals surface area contributed by atoms with Crippen LogP contribution in [0, 0.1) is 0 Å². The van der Waals surface area contributed by atoms with Crippen molar-refractivity contribution in [2.24, 2.45) is 4.99 Å². The lowest BCUT2D eigenvalue weighted by Gasteiger charge is -2.19. The van der Waals surface area contributed by atoms with Crippen LogP contribution in [0.15, 0.2) is 35.3 Å². The first kappa shape index (κ1) is 18.6. The first-order chi connectivity index (χ1) is 11.5. The second-order valence-electron chi connectivity index (χ2n) is 5.93. The van der Waals surface area contributed by atoms with E-state index in [1.165, 1.54) is 0 Å². The Kier molecular flexibility index (Phi) is 6.90. The highest BCUT2D eigenvalue weighted by Crippen LogP contribution is 2.13. The predicted octanol–water partition coefficient (Wildman–Crippen LogP) is 1.59. The molecular weight excluding hydrogens is 326 g/mol. The summed E-state index contributed by atoms with van der Waals surface area (Å²) in [5.74, 6) is 1.91. The van der Waals surface area contributed by atoms with Crippen molar-refractivity contribution in [3.05, 3.63) is 30.3 Å². The fourth-order valence-electron chi connectivity index (χ4n) is 2.56. The summed E-state index contributed by atoms with van der Waals surface area (Å²) in [7, 11) is -2.90. The Morgan fingerprint density at radius 2 is 2.08 bits per heavy atom. The van der Waals surface area contributed by atoms with Crippen LogP contribution in [0.25, 0.3) is 0 Å². The molecule has 0 aliphatic carbocycles. The van der Waals surface area contributed by atoms with Gasteiger partial charge in [0.15, 0.2) is 15.8 Å². The zero-order valence-corrected chi connectivity index (χ0v) is 15.2. The summed E-state index contributed by atoms with van der Waals surface area (Å²) in [6.07, 6.45) is 1.45. The summed E-state index contributed by atoms with van der Waals surface area (Å²) < 4.78 is 29.1. The van der Waals surface area contributed by atoms with Crippen LogP contribution in [0.5, 0.6) is 5.75 Å². The van der Waals surface area contributed by atoms with Crippen molar-refractivity contribution < 1.29 is 13.2 Å². The average Bonchev–Trinajstić information content (AvgIpc) is 2.91. The molecule has 2 atom stereocenters. The topological polar surface area (TPSA) is 79.8 Å². The molecule has 0 aromatic heterocycles. The van der Waals surface area contributed by atoms with Crippen LogP contribution >= 0.6 is 0 Å². The molecular formula is C17H27N3O3S. The molecule has 2 N–H and O–H groups in total. The quantitative estimate of drug-likeness (QED) is 0.575. The maximum Gasteiger partial charge on any atom is 0.191 e. The minimum atomic E-state index is -2.90. The molecule has 0 bridgehead atoms. The van der Waals surface area contributed by atoms with Crippen LogP contribution in [-0.2, 0) is 9.84 Å². The molecule has 1 fully saturated rings. The average molecular weight is 353 g/mol. The van der Waals surface area contributed by atoms with Crippen molar-refractivity contribution in [1.29, 1.82) is 0 Å².